The van der Waals surface area contributed by atoms with E-state index in [0.29, 0.717) is 41.7 Å². The Morgan fingerprint density at radius 2 is 1.88 bits per heavy atom. The first-order valence-corrected chi connectivity index (χ1v) is 10.6. The fourth-order valence-electron chi connectivity index (χ4n) is 3.59. The van der Waals surface area contributed by atoms with Gasteiger partial charge in [0.1, 0.15) is 11.3 Å². The first-order chi connectivity index (χ1) is 15.4. The number of carbonyl (C=O) groups is 1. The summed E-state index contributed by atoms with van der Waals surface area (Å²) in [5.41, 5.74) is 2.70. The molecule has 0 aliphatic heterocycles. The van der Waals surface area contributed by atoms with E-state index in [1.165, 1.54) is 12.1 Å². The van der Waals surface area contributed by atoms with Crippen LogP contribution in [-0.2, 0) is 11.3 Å². The molecule has 2 aromatic carbocycles. The SMILES string of the molecule is CC(C)OCCCNC(=O)c1ccc2c(c1)n(Cc1ccc(F)cc1)c(=O)c1ccnn12. The topological polar surface area (TPSA) is 77.6 Å². The minimum absolute atomic E-state index is 0.156. The van der Waals surface area contributed by atoms with Gasteiger partial charge in [-0.25, -0.2) is 8.91 Å². The molecule has 0 aliphatic carbocycles. The molecule has 2 heterocycles. The molecule has 0 radical (unpaired) electrons. The minimum Gasteiger partial charge on any atom is -0.379 e. The Bertz CT molecular complexity index is 1310. The summed E-state index contributed by atoms with van der Waals surface area (Å²) < 4.78 is 22.0. The van der Waals surface area contributed by atoms with Crippen molar-refractivity contribution in [1.82, 2.24) is 19.5 Å². The fourth-order valence-corrected chi connectivity index (χ4v) is 3.59. The van der Waals surface area contributed by atoms with Crippen LogP contribution in [0.3, 0.4) is 0 Å². The molecule has 0 fully saturated rings. The number of rotatable bonds is 8. The number of amides is 1. The molecule has 0 spiro atoms. The molecule has 2 aromatic heterocycles. The zero-order valence-corrected chi connectivity index (χ0v) is 18.0. The van der Waals surface area contributed by atoms with Crippen molar-refractivity contribution in [2.75, 3.05) is 13.2 Å². The highest BCUT2D eigenvalue weighted by atomic mass is 19.1. The molecular weight excluding hydrogens is 411 g/mol. The lowest BCUT2D eigenvalue weighted by atomic mass is 10.1. The second kappa shape index (κ2) is 9.32. The second-order valence-corrected chi connectivity index (χ2v) is 7.88. The van der Waals surface area contributed by atoms with Gasteiger partial charge in [0.15, 0.2) is 0 Å². The number of nitrogens with one attached hydrogen (secondary N) is 1. The minimum atomic E-state index is -0.338. The zero-order valence-electron chi connectivity index (χ0n) is 18.0. The maximum Gasteiger partial charge on any atom is 0.277 e. The third kappa shape index (κ3) is 4.55. The summed E-state index contributed by atoms with van der Waals surface area (Å²) in [6.45, 7) is 5.24. The van der Waals surface area contributed by atoms with Crippen LogP contribution in [0.4, 0.5) is 4.39 Å². The van der Waals surface area contributed by atoms with E-state index >= 15 is 0 Å². The van der Waals surface area contributed by atoms with Gasteiger partial charge in [0.25, 0.3) is 11.5 Å². The maximum atomic E-state index is 13.3. The van der Waals surface area contributed by atoms with Crippen LogP contribution in [-0.4, -0.2) is 39.3 Å². The van der Waals surface area contributed by atoms with Gasteiger partial charge in [-0.15, -0.1) is 0 Å². The number of hydrogen-bond donors (Lipinski definition) is 1. The normalized spacial score (nSPS) is 11.5. The lowest BCUT2D eigenvalue weighted by Gasteiger charge is -2.14. The number of carbonyl (C=O) groups excluding carboxylic acids is 1. The average molecular weight is 436 g/mol. The molecule has 8 heteroatoms. The van der Waals surface area contributed by atoms with Gasteiger partial charge in [-0.05, 0) is 62.2 Å². The highest BCUT2D eigenvalue weighted by Crippen LogP contribution is 2.18. The molecule has 0 aliphatic rings. The van der Waals surface area contributed by atoms with Crippen LogP contribution in [0.25, 0.3) is 16.6 Å². The number of hydrogen-bond acceptors (Lipinski definition) is 4. The van der Waals surface area contributed by atoms with Crippen molar-refractivity contribution in [3.63, 3.8) is 0 Å². The molecule has 4 rings (SSSR count). The Kier molecular flexibility index (Phi) is 6.32. The van der Waals surface area contributed by atoms with Crippen molar-refractivity contribution in [1.29, 1.82) is 0 Å². The molecule has 0 atom stereocenters. The standard InChI is InChI=1S/C24H25FN4O3/c1-16(2)32-13-3-11-26-23(30)18-6-9-20-22(14-18)28(15-17-4-7-19(25)8-5-17)24(31)21-10-12-27-29(20)21/h4-10,12,14,16H,3,11,13,15H2,1-2H3,(H,26,30). The van der Waals surface area contributed by atoms with Crippen molar-refractivity contribution < 1.29 is 13.9 Å². The number of aromatic nitrogens is 3. The van der Waals surface area contributed by atoms with Crippen molar-refractivity contribution >= 4 is 22.5 Å². The number of benzene rings is 2. The molecule has 1 amide bonds. The maximum absolute atomic E-state index is 13.3. The van der Waals surface area contributed by atoms with Gasteiger partial charge >= 0.3 is 0 Å². The van der Waals surface area contributed by atoms with Crippen molar-refractivity contribution in [2.45, 2.75) is 32.9 Å². The van der Waals surface area contributed by atoms with Crippen LogP contribution in [0.2, 0.25) is 0 Å². The highest BCUT2D eigenvalue weighted by Gasteiger charge is 2.15. The van der Waals surface area contributed by atoms with Gasteiger partial charge in [-0.1, -0.05) is 12.1 Å². The Labute approximate surface area is 184 Å². The number of halogens is 1. The molecule has 7 nitrogen and oxygen atoms in total. The van der Waals surface area contributed by atoms with Crippen LogP contribution < -0.4 is 10.9 Å². The van der Waals surface area contributed by atoms with E-state index in [1.807, 2.05) is 13.8 Å². The molecule has 0 saturated heterocycles. The fraction of sp³-hybridized carbons (Fsp3) is 0.292. The molecule has 0 bridgehead atoms. The monoisotopic (exact) mass is 436 g/mol. The molecule has 1 N–H and O–H groups in total. The van der Waals surface area contributed by atoms with E-state index in [0.717, 1.165) is 5.56 Å². The zero-order chi connectivity index (χ0) is 22.7. The molecule has 4 aromatic rings. The Morgan fingerprint density at radius 1 is 1.09 bits per heavy atom. The first-order valence-electron chi connectivity index (χ1n) is 10.6. The summed E-state index contributed by atoms with van der Waals surface area (Å²) in [5.74, 6) is -0.562. The van der Waals surface area contributed by atoms with E-state index in [2.05, 4.69) is 10.4 Å². The lowest BCUT2D eigenvalue weighted by Crippen LogP contribution is -2.27. The van der Waals surface area contributed by atoms with E-state index in [4.69, 9.17) is 4.74 Å². The van der Waals surface area contributed by atoms with Crippen LogP contribution in [0.1, 0.15) is 36.2 Å². The van der Waals surface area contributed by atoms with Crippen LogP contribution in [0.5, 0.6) is 0 Å². The van der Waals surface area contributed by atoms with Gasteiger partial charge < -0.3 is 14.6 Å². The van der Waals surface area contributed by atoms with Crippen LogP contribution in [0.15, 0.2) is 59.5 Å². The van der Waals surface area contributed by atoms with E-state index in [-0.39, 0.29) is 29.9 Å². The molecular formula is C24H25FN4O3. The number of nitrogens with zero attached hydrogens (tertiary/aromatic N) is 3. The van der Waals surface area contributed by atoms with Gasteiger partial charge in [-0.2, -0.15) is 5.10 Å². The molecule has 32 heavy (non-hydrogen) atoms. The van der Waals surface area contributed by atoms with Gasteiger partial charge in [0.05, 0.1) is 29.9 Å². The first kappa shape index (κ1) is 21.7. The Balaban J connectivity index is 1.67. The summed E-state index contributed by atoms with van der Waals surface area (Å²) in [5, 5.41) is 7.15. The Morgan fingerprint density at radius 3 is 2.62 bits per heavy atom. The summed E-state index contributed by atoms with van der Waals surface area (Å²) >= 11 is 0. The third-order valence-corrected chi connectivity index (χ3v) is 5.18. The largest absolute Gasteiger partial charge is 0.379 e. The van der Waals surface area contributed by atoms with Gasteiger partial charge in [0.2, 0.25) is 0 Å². The Hall–Kier alpha value is -3.52. The van der Waals surface area contributed by atoms with Crippen molar-refractivity contribution in [3.8, 4) is 0 Å². The average Bonchev–Trinajstić information content (AvgIpc) is 3.27. The summed E-state index contributed by atoms with van der Waals surface area (Å²) in [4.78, 5) is 25.9. The van der Waals surface area contributed by atoms with E-state index < -0.39 is 0 Å². The predicted octanol–water partition coefficient (Wildman–Crippen LogP) is 3.38. The summed E-state index contributed by atoms with van der Waals surface area (Å²) in [6.07, 6.45) is 2.43. The molecule has 166 valence electrons. The summed E-state index contributed by atoms with van der Waals surface area (Å²) in [6, 6.07) is 12.9. The van der Waals surface area contributed by atoms with Crippen LogP contribution in [0, 0.1) is 5.82 Å². The van der Waals surface area contributed by atoms with Crippen molar-refractivity contribution in [2.24, 2.45) is 0 Å². The smallest absolute Gasteiger partial charge is 0.277 e. The van der Waals surface area contributed by atoms with Gasteiger partial charge in [0, 0.05) is 18.7 Å². The highest BCUT2D eigenvalue weighted by molar-refractivity contribution is 5.97. The third-order valence-electron chi connectivity index (χ3n) is 5.18. The van der Waals surface area contributed by atoms with Gasteiger partial charge in [-0.3, -0.25) is 9.59 Å². The van der Waals surface area contributed by atoms with E-state index in [1.54, 1.807) is 51.7 Å². The lowest BCUT2D eigenvalue weighted by molar-refractivity contribution is 0.0757. The quantitative estimate of drug-likeness (QED) is 0.430. The van der Waals surface area contributed by atoms with E-state index in [9.17, 15) is 14.0 Å². The van der Waals surface area contributed by atoms with Crippen molar-refractivity contribution in [3.05, 3.63) is 82.0 Å². The number of ether oxygens (including phenoxy) is 1. The second-order valence-electron chi connectivity index (χ2n) is 7.88. The van der Waals surface area contributed by atoms with Crippen LogP contribution >= 0.6 is 0 Å². The predicted molar refractivity (Wildman–Crippen MR) is 120 cm³/mol. The summed E-state index contributed by atoms with van der Waals surface area (Å²) in [7, 11) is 0. The molecule has 0 saturated carbocycles. The molecule has 0 unspecified atom stereocenters. The number of fused-ring (bicyclic) bond motifs is 3.